The van der Waals surface area contributed by atoms with E-state index in [1.807, 2.05) is 0 Å². The highest BCUT2D eigenvalue weighted by Crippen LogP contribution is 2.42. The molecular formula is C22H43BO2. The lowest BCUT2D eigenvalue weighted by atomic mass is 9.66. The molecule has 0 bridgehead atoms. The molecule has 1 saturated carbocycles. The summed E-state index contributed by atoms with van der Waals surface area (Å²) < 4.78 is 12.8. The van der Waals surface area contributed by atoms with Crippen molar-refractivity contribution in [2.24, 2.45) is 0 Å². The Morgan fingerprint density at radius 2 is 0.800 bits per heavy atom. The molecule has 0 aromatic rings. The van der Waals surface area contributed by atoms with Gasteiger partial charge < -0.3 is 9.31 Å². The van der Waals surface area contributed by atoms with E-state index >= 15 is 0 Å². The Morgan fingerprint density at radius 1 is 0.520 bits per heavy atom. The van der Waals surface area contributed by atoms with Crippen molar-refractivity contribution in [2.75, 3.05) is 0 Å². The molecule has 0 radical (unpaired) electrons. The molecule has 0 aromatic carbocycles. The van der Waals surface area contributed by atoms with E-state index in [1.165, 1.54) is 96.3 Å². The minimum absolute atomic E-state index is 0.00360. The van der Waals surface area contributed by atoms with Crippen LogP contribution in [0.2, 0.25) is 5.82 Å². The van der Waals surface area contributed by atoms with Gasteiger partial charge in [0.1, 0.15) is 0 Å². The molecule has 1 saturated heterocycles. The minimum atomic E-state index is -0.188. The van der Waals surface area contributed by atoms with Crippen molar-refractivity contribution in [3.8, 4) is 0 Å². The van der Waals surface area contributed by atoms with Gasteiger partial charge in [-0.15, -0.1) is 0 Å². The van der Waals surface area contributed by atoms with E-state index in [-0.39, 0.29) is 18.3 Å². The maximum absolute atomic E-state index is 6.39. The van der Waals surface area contributed by atoms with Crippen LogP contribution in [0.1, 0.15) is 124 Å². The topological polar surface area (TPSA) is 18.5 Å². The lowest BCUT2D eigenvalue weighted by Gasteiger charge is -2.32. The van der Waals surface area contributed by atoms with Gasteiger partial charge in [0.25, 0.3) is 0 Å². The van der Waals surface area contributed by atoms with E-state index in [4.69, 9.17) is 9.31 Å². The van der Waals surface area contributed by atoms with E-state index in [0.29, 0.717) is 5.82 Å². The van der Waals surface area contributed by atoms with E-state index in [9.17, 15) is 0 Å². The van der Waals surface area contributed by atoms with Crippen LogP contribution in [-0.2, 0) is 9.31 Å². The number of rotatable bonds is 1. The summed E-state index contributed by atoms with van der Waals surface area (Å²) in [7, 11) is 0.00360. The predicted molar refractivity (Wildman–Crippen MR) is 109 cm³/mol. The second-order valence-corrected chi connectivity index (χ2v) is 9.56. The van der Waals surface area contributed by atoms with Gasteiger partial charge in [-0.05, 0) is 33.5 Å². The molecule has 1 aliphatic heterocycles. The number of hydrogen-bond donors (Lipinski definition) is 0. The molecule has 0 N–H and O–H groups in total. The second kappa shape index (κ2) is 10.4. The van der Waals surface area contributed by atoms with Gasteiger partial charge in [-0.3, -0.25) is 0 Å². The maximum atomic E-state index is 6.39. The molecule has 0 amide bonds. The lowest BCUT2D eigenvalue weighted by molar-refractivity contribution is 0.00578. The quantitative estimate of drug-likeness (QED) is 0.461. The molecular weight excluding hydrogens is 307 g/mol. The third-order valence-corrected chi connectivity index (χ3v) is 6.81. The van der Waals surface area contributed by atoms with Gasteiger partial charge >= 0.3 is 7.12 Å². The SMILES string of the molecule is CC1(C)OB(C2CCCCCCCCCCCCCCC2)OC1(C)C. The average molecular weight is 350 g/mol. The highest BCUT2D eigenvalue weighted by atomic mass is 16.7. The Morgan fingerprint density at radius 3 is 1.12 bits per heavy atom. The van der Waals surface area contributed by atoms with E-state index in [0.717, 1.165) is 0 Å². The Labute approximate surface area is 158 Å². The Hall–Kier alpha value is -0.0151. The van der Waals surface area contributed by atoms with Crippen LogP contribution in [0.25, 0.3) is 0 Å². The summed E-state index contributed by atoms with van der Waals surface area (Å²) in [5.41, 5.74) is -0.375. The van der Waals surface area contributed by atoms with E-state index in [2.05, 4.69) is 27.7 Å². The van der Waals surface area contributed by atoms with Gasteiger partial charge in [0.05, 0.1) is 11.2 Å². The fourth-order valence-electron chi connectivity index (χ4n) is 4.26. The van der Waals surface area contributed by atoms with Gasteiger partial charge in [-0.25, -0.2) is 0 Å². The molecule has 0 spiro atoms. The van der Waals surface area contributed by atoms with Crippen LogP contribution in [0.15, 0.2) is 0 Å². The Balaban J connectivity index is 1.85. The van der Waals surface area contributed by atoms with Crippen molar-refractivity contribution >= 4 is 7.12 Å². The first-order chi connectivity index (χ1) is 11.9. The van der Waals surface area contributed by atoms with Crippen LogP contribution in [0.5, 0.6) is 0 Å². The zero-order valence-corrected chi connectivity index (χ0v) is 17.6. The number of hydrogen-bond acceptors (Lipinski definition) is 2. The van der Waals surface area contributed by atoms with Crippen molar-refractivity contribution in [1.82, 2.24) is 0 Å². The van der Waals surface area contributed by atoms with Gasteiger partial charge in [0, 0.05) is 0 Å². The van der Waals surface area contributed by atoms with Crippen molar-refractivity contribution in [1.29, 1.82) is 0 Å². The second-order valence-electron chi connectivity index (χ2n) is 9.56. The van der Waals surface area contributed by atoms with Crippen LogP contribution in [-0.4, -0.2) is 18.3 Å². The summed E-state index contributed by atoms with van der Waals surface area (Å²) in [6.45, 7) is 8.73. The summed E-state index contributed by atoms with van der Waals surface area (Å²) in [4.78, 5) is 0. The van der Waals surface area contributed by atoms with Gasteiger partial charge in [-0.2, -0.15) is 0 Å². The van der Waals surface area contributed by atoms with E-state index < -0.39 is 0 Å². The van der Waals surface area contributed by atoms with E-state index in [1.54, 1.807) is 0 Å². The van der Waals surface area contributed by atoms with Crippen LogP contribution in [0.3, 0.4) is 0 Å². The van der Waals surface area contributed by atoms with Crippen LogP contribution < -0.4 is 0 Å². The lowest BCUT2D eigenvalue weighted by Crippen LogP contribution is -2.41. The predicted octanol–water partition coefficient (Wildman–Crippen LogP) is 7.31. The first kappa shape index (κ1) is 21.3. The third kappa shape index (κ3) is 6.90. The van der Waals surface area contributed by atoms with Crippen LogP contribution in [0.4, 0.5) is 0 Å². The van der Waals surface area contributed by atoms with Gasteiger partial charge in [-0.1, -0.05) is 96.3 Å². The summed E-state index contributed by atoms with van der Waals surface area (Å²) in [6.07, 6.45) is 21.0. The summed E-state index contributed by atoms with van der Waals surface area (Å²) in [5.74, 6) is 0.578. The summed E-state index contributed by atoms with van der Waals surface area (Å²) in [5, 5.41) is 0. The van der Waals surface area contributed by atoms with Crippen molar-refractivity contribution in [3.05, 3.63) is 0 Å². The average Bonchev–Trinajstić information content (AvgIpc) is 2.75. The Kier molecular flexibility index (Phi) is 8.82. The molecule has 0 aromatic heterocycles. The van der Waals surface area contributed by atoms with Crippen LogP contribution in [0, 0.1) is 0 Å². The van der Waals surface area contributed by atoms with Crippen molar-refractivity contribution < 1.29 is 9.31 Å². The monoisotopic (exact) mass is 350 g/mol. The smallest absolute Gasteiger partial charge is 0.403 e. The highest BCUT2D eigenvalue weighted by molar-refractivity contribution is 6.47. The summed E-state index contributed by atoms with van der Waals surface area (Å²) >= 11 is 0. The van der Waals surface area contributed by atoms with Gasteiger partial charge in [0.15, 0.2) is 0 Å². The summed E-state index contributed by atoms with van der Waals surface area (Å²) in [6, 6.07) is 0. The standard InChI is InChI=1S/C22H43BO2/c1-21(2)22(3,4)25-23(24-21)20-18-16-14-12-10-8-6-5-7-9-11-13-15-17-19-20/h20H,5-19H2,1-4H3. The fraction of sp³-hybridized carbons (Fsp3) is 1.00. The largest absolute Gasteiger partial charge is 0.461 e. The highest BCUT2D eigenvalue weighted by Gasteiger charge is 2.53. The molecule has 2 rings (SSSR count). The molecule has 2 aliphatic rings. The molecule has 2 fully saturated rings. The molecule has 1 aliphatic carbocycles. The molecule has 0 atom stereocenters. The zero-order chi connectivity index (χ0) is 18.2. The van der Waals surface area contributed by atoms with Crippen LogP contribution >= 0.6 is 0 Å². The molecule has 1 heterocycles. The maximum Gasteiger partial charge on any atom is 0.461 e. The first-order valence-corrected chi connectivity index (χ1v) is 11.3. The van der Waals surface area contributed by atoms with Crippen molar-refractivity contribution in [2.45, 2.75) is 141 Å². The molecule has 3 heteroatoms. The molecule has 25 heavy (non-hydrogen) atoms. The first-order valence-electron chi connectivity index (χ1n) is 11.3. The molecule has 0 unspecified atom stereocenters. The van der Waals surface area contributed by atoms with Crippen molar-refractivity contribution in [3.63, 3.8) is 0 Å². The Bertz CT molecular complexity index is 335. The third-order valence-electron chi connectivity index (χ3n) is 6.81. The molecule has 2 nitrogen and oxygen atoms in total. The normalized spacial score (nSPS) is 28.1. The fourth-order valence-corrected chi connectivity index (χ4v) is 4.26. The zero-order valence-electron chi connectivity index (χ0n) is 17.6. The minimum Gasteiger partial charge on any atom is -0.403 e. The molecule has 146 valence electrons. The van der Waals surface area contributed by atoms with Gasteiger partial charge in [0.2, 0.25) is 0 Å².